The second kappa shape index (κ2) is 9.04. The number of carbonyl (C=O) groups excluding carboxylic acids is 3. The van der Waals surface area contributed by atoms with Gasteiger partial charge in [-0.05, 0) is 19.1 Å². The number of nitrogens with two attached hydrogens (primary N) is 1. The van der Waals surface area contributed by atoms with Crippen molar-refractivity contribution in [2.24, 2.45) is 0 Å². The van der Waals surface area contributed by atoms with E-state index in [1.165, 1.54) is 21.1 Å². The number of ether oxygens (including phenoxy) is 4. The number of carbonyl (C=O) groups is 3. The van der Waals surface area contributed by atoms with Gasteiger partial charge < -0.3 is 24.7 Å². The van der Waals surface area contributed by atoms with Gasteiger partial charge in [0, 0.05) is 5.56 Å². The molecule has 0 bridgehead atoms. The van der Waals surface area contributed by atoms with Crippen LogP contribution in [0.25, 0.3) is 0 Å². The first-order chi connectivity index (χ1) is 12.9. The fourth-order valence-corrected chi connectivity index (χ4v) is 3.20. The fraction of sp³-hybridized carbons (Fsp3) is 0.278. The molecule has 2 aromatic rings. The molecular weight excluding hydrogens is 374 g/mol. The average Bonchev–Trinajstić information content (AvgIpc) is 3.01. The number of thiophene rings is 1. The molecule has 0 aliphatic rings. The second-order valence-electron chi connectivity index (χ2n) is 5.31. The van der Waals surface area contributed by atoms with E-state index in [-0.39, 0.29) is 27.6 Å². The molecule has 0 aliphatic carbocycles. The Hall–Kier alpha value is -3.07. The first-order valence-electron chi connectivity index (χ1n) is 7.85. The third-order valence-corrected chi connectivity index (χ3v) is 4.58. The van der Waals surface area contributed by atoms with Gasteiger partial charge in [-0.25, -0.2) is 14.4 Å². The van der Waals surface area contributed by atoms with E-state index in [9.17, 15) is 14.4 Å². The van der Waals surface area contributed by atoms with Crippen LogP contribution in [0.5, 0.6) is 5.75 Å². The standard InChI is InChI=1S/C18H19NO7S/c1-10(26-11-7-5-4-6-8-11)16(20)25-9-12-13(17(21)23-2)15(19)27-14(12)18(22)24-3/h4-8,10H,9,19H2,1-3H3/t10-/m0/s1. The summed E-state index contributed by atoms with van der Waals surface area (Å²) in [5.74, 6) is -1.59. The highest BCUT2D eigenvalue weighted by atomic mass is 32.1. The maximum atomic E-state index is 12.2. The molecule has 2 N–H and O–H groups in total. The summed E-state index contributed by atoms with van der Waals surface area (Å²) < 4.78 is 20.1. The summed E-state index contributed by atoms with van der Waals surface area (Å²) >= 11 is 0.860. The Labute approximate surface area is 159 Å². The van der Waals surface area contributed by atoms with Crippen LogP contribution in [0.15, 0.2) is 30.3 Å². The van der Waals surface area contributed by atoms with Crippen LogP contribution in [-0.4, -0.2) is 38.2 Å². The molecule has 144 valence electrons. The van der Waals surface area contributed by atoms with Gasteiger partial charge in [0.2, 0.25) is 0 Å². The number of nitrogen functional groups attached to an aromatic ring is 1. The molecule has 0 amide bonds. The molecule has 0 aliphatic heterocycles. The zero-order valence-corrected chi connectivity index (χ0v) is 15.8. The smallest absolute Gasteiger partial charge is 0.348 e. The lowest BCUT2D eigenvalue weighted by molar-refractivity contribution is -0.152. The van der Waals surface area contributed by atoms with Crippen molar-refractivity contribution in [2.45, 2.75) is 19.6 Å². The van der Waals surface area contributed by atoms with Crippen molar-refractivity contribution in [3.05, 3.63) is 46.3 Å². The zero-order valence-electron chi connectivity index (χ0n) is 15.0. The van der Waals surface area contributed by atoms with Crippen LogP contribution in [0.1, 0.15) is 32.5 Å². The maximum absolute atomic E-state index is 12.2. The lowest BCUT2D eigenvalue weighted by Gasteiger charge is -2.14. The Morgan fingerprint density at radius 3 is 2.30 bits per heavy atom. The lowest BCUT2D eigenvalue weighted by Crippen LogP contribution is -2.26. The average molecular weight is 393 g/mol. The fourth-order valence-electron chi connectivity index (χ4n) is 2.22. The van der Waals surface area contributed by atoms with Crippen LogP contribution < -0.4 is 10.5 Å². The molecule has 0 saturated carbocycles. The van der Waals surface area contributed by atoms with Crippen LogP contribution in [0.4, 0.5) is 5.00 Å². The first-order valence-corrected chi connectivity index (χ1v) is 8.66. The second-order valence-corrected chi connectivity index (χ2v) is 6.37. The number of esters is 3. The molecule has 2 rings (SSSR count). The van der Waals surface area contributed by atoms with Crippen molar-refractivity contribution >= 4 is 34.2 Å². The number of hydrogen-bond acceptors (Lipinski definition) is 9. The van der Waals surface area contributed by atoms with Gasteiger partial charge in [-0.15, -0.1) is 11.3 Å². The number of rotatable bonds is 7. The van der Waals surface area contributed by atoms with Crippen molar-refractivity contribution in [1.29, 1.82) is 0 Å². The monoisotopic (exact) mass is 393 g/mol. The summed E-state index contributed by atoms with van der Waals surface area (Å²) in [5.41, 5.74) is 5.94. The summed E-state index contributed by atoms with van der Waals surface area (Å²) in [6, 6.07) is 8.77. The number of benzene rings is 1. The van der Waals surface area contributed by atoms with Crippen LogP contribution in [0, 0.1) is 0 Å². The van der Waals surface area contributed by atoms with E-state index in [1.807, 2.05) is 6.07 Å². The highest BCUT2D eigenvalue weighted by Gasteiger charge is 2.28. The summed E-state index contributed by atoms with van der Waals surface area (Å²) in [6.07, 6.45) is -0.897. The van der Waals surface area contributed by atoms with Crippen molar-refractivity contribution < 1.29 is 33.3 Å². The molecule has 0 radical (unpaired) electrons. The van der Waals surface area contributed by atoms with Gasteiger partial charge in [0.25, 0.3) is 0 Å². The van der Waals surface area contributed by atoms with Gasteiger partial charge >= 0.3 is 17.9 Å². The molecule has 8 nitrogen and oxygen atoms in total. The van der Waals surface area contributed by atoms with Crippen molar-refractivity contribution in [1.82, 2.24) is 0 Å². The molecular formula is C18H19NO7S. The Morgan fingerprint density at radius 1 is 1.07 bits per heavy atom. The van der Waals surface area contributed by atoms with E-state index in [2.05, 4.69) is 4.74 Å². The van der Waals surface area contributed by atoms with E-state index in [1.54, 1.807) is 24.3 Å². The third-order valence-electron chi connectivity index (χ3n) is 3.54. The normalized spacial score (nSPS) is 11.4. The largest absolute Gasteiger partial charge is 0.479 e. The topological polar surface area (TPSA) is 114 Å². The Kier molecular flexibility index (Phi) is 6.78. The molecule has 27 heavy (non-hydrogen) atoms. The van der Waals surface area contributed by atoms with E-state index < -0.39 is 24.0 Å². The van der Waals surface area contributed by atoms with Gasteiger partial charge in [-0.2, -0.15) is 0 Å². The van der Waals surface area contributed by atoms with Gasteiger partial charge in [0.1, 0.15) is 27.8 Å². The third kappa shape index (κ3) is 4.76. The van der Waals surface area contributed by atoms with E-state index in [4.69, 9.17) is 19.9 Å². The van der Waals surface area contributed by atoms with Crippen LogP contribution in [0.2, 0.25) is 0 Å². The predicted molar refractivity (Wildman–Crippen MR) is 97.7 cm³/mol. The molecule has 1 heterocycles. The number of para-hydroxylation sites is 1. The summed E-state index contributed by atoms with van der Waals surface area (Å²) in [5, 5.41) is 0.0712. The first kappa shape index (κ1) is 20.2. The van der Waals surface area contributed by atoms with Crippen molar-refractivity contribution in [2.75, 3.05) is 20.0 Å². The van der Waals surface area contributed by atoms with Gasteiger partial charge in [0.05, 0.1) is 14.2 Å². The lowest BCUT2D eigenvalue weighted by atomic mass is 10.1. The molecule has 9 heteroatoms. The SMILES string of the molecule is COC(=O)c1sc(N)c(C(=O)OC)c1COC(=O)[C@H](C)Oc1ccccc1. The van der Waals surface area contributed by atoms with Crippen molar-refractivity contribution in [3.8, 4) is 5.75 Å². The Bertz CT molecular complexity index is 832. The Balaban J connectivity index is 2.16. The molecule has 0 fully saturated rings. The summed E-state index contributed by atoms with van der Waals surface area (Å²) in [6.45, 7) is 1.17. The molecule has 0 spiro atoms. The van der Waals surface area contributed by atoms with Crippen LogP contribution >= 0.6 is 11.3 Å². The number of hydrogen-bond donors (Lipinski definition) is 1. The number of methoxy groups -OCH3 is 2. The van der Waals surface area contributed by atoms with Crippen molar-refractivity contribution in [3.63, 3.8) is 0 Å². The Morgan fingerprint density at radius 2 is 1.70 bits per heavy atom. The minimum atomic E-state index is -0.897. The number of anilines is 1. The zero-order chi connectivity index (χ0) is 20.0. The quantitative estimate of drug-likeness (QED) is 0.563. The molecule has 1 atom stereocenters. The molecule has 0 saturated heterocycles. The van der Waals surface area contributed by atoms with E-state index in [0.29, 0.717) is 5.75 Å². The highest BCUT2D eigenvalue weighted by molar-refractivity contribution is 7.18. The minimum absolute atomic E-state index is 0.0210. The van der Waals surface area contributed by atoms with Gasteiger partial charge in [-0.1, -0.05) is 18.2 Å². The molecule has 0 unspecified atom stereocenters. The van der Waals surface area contributed by atoms with E-state index >= 15 is 0 Å². The van der Waals surface area contributed by atoms with E-state index in [0.717, 1.165) is 11.3 Å². The van der Waals surface area contributed by atoms with Crippen LogP contribution in [-0.2, 0) is 25.6 Å². The van der Waals surface area contributed by atoms with Gasteiger partial charge in [0.15, 0.2) is 6.10 Å². The molecule has 1 aromatic carbocycles. The maximum Gasteiger partial charge on any atom is 0.348 e. The minimum Gasteiger partial charge on any atom is -0.479 e. The summed E-state index contributed by atoms with van der Waals surface area (Å²) in [7, 11) is 2.38. The summed E-state index contributed by atoms with van der Waals surface area (Å²) in [4.78, 5) is 36.2. The predicted octanol–water partition coefficient (Wildman–Crippen LogP) is 2.41. The highest BCUT2D eigenvalue weighted by Crippen LogP contribution is 2.33. The molecule has 1 aromatic heterocycles. The van der Waals surface area contributed by atoms with Crippen LogP contribution in [0.3, 0.4) is 0 Å². The van der Waals surface area contributed by atoms with Gasteiger partial charge in [-0.3, -0.25) is 0 Å².